The van der Waals surface area contributed by atoms with E-state index in [1.807, 2.05) is 12.2 Å². The fourth-order valence-electron chi connectivity index (χ4n) is 9.27. The third kappa shape index (κ3) is 7.01. The van der Waals surface area contributed by atoms with Crippen LogP contribution in [0.3, 0.4) is 0 Å². The fourth-order valence-corrected chi connectivity index (χ4v) is 9.27. The van der Waals surface area contributed by atoms with Gasteiger partial charge in [0.15, 0.2) is 0 Å². The van der Waals surface area contributed by atoms with Crippen LogP contribution in [-0.2, 0) is 0 Å². The number of anilines is 3. The van der Waals surface area contributed by atoms with E-state index in [9.17, 15) is 0 Å². The second kappa shape index (κ2) is 16.5. The molecule has 0 unspecified atom stereocenters. The smallest absolute Gasteiger partial charge is 0.0627 e. The van der Waals surface area contributed by atoms with E-state index in [4.69, 9.17) is 0 Å². The van der Waals surface area contributed by atoms with Crippen LogP contribution >= 0.6 is 0 Å². The molecule has 4 nitrogen and oxygen atoms in total. The van der Waals surface area contributed by atoms with Gasteiger partial charge in [0.2, 0.25) is 0 Å². The Balaban J connectivity index is 1.10. The molecule has 0 bridgehead atoms. The number of aromatic nitrogens is 2. The lowest BCUT2D eigenvalue weighted by molar-refractivity contribution is 0.979. The molecule has 0 saturated carbocycles. The van der Waals surface area contributed by atoms with Gasteiger partial charge >= 0.3 is 0 Å². The molecule has 0 radical (unpaired) electrons. The van der Waals surface area contributed by atoms with Gasteiger partial charge in [-0.2, -0.15) is 0 Å². The first kappa shape index (κ1) is 38.6. The van der Waals surface area contributed by atoms with Crippen LogP contribution in [0, 0.1) is 0 Å². The van der Waals surface area contributed by atoms with E-state index in [1.54, 1.807) is 0 Å². The molecule has 64 heavy (non-hydrogen) atoms. The second-order valence-electron chi connectivity index (χ2n) is 16.4. The average Bonchev–Trinajstić information content (AvgIpc) is 3.86. The van der Waals surface area contributed by atoms with Gasteiger partial charge in [-0.15, -0.1) is 0 Å². The van der Waals surface area contributed by atoms with Crippen molar-refractivity contribution in [2.75, 3.05) is 9.80 Å². The topological polar surface area (TPSA) is 16.3 Å². The maximum atomic E-state index is 4.41. The van der Waals surface area contributed by atoms with Gasteiger partial charge in [-0.25, -0.2) is 0 Å². The van der Waals surface area contributed by atoms with Crippen LogP contribution in [0.15, 0.2) is 261 Å². The number of allylic oxidation sites excluding steroid dienone is 11. The quantitative estimate of drug-likeness (QED) is 0.159. The van der Waals surface area contributed by atoms with Gasteiger partial charge in [0.05, 0.1) is 27.8 Å². The highest BCUT2D eigenvalue weighted by Crippen LogP contribution is 2.41. The summed E-state index contributed by atoms with van der Waals surface area (Å²) >= 11 is 0. The van der Waals surface area contributed by atoms with Crippen LogP contribution in [-0.4, -0.2) is 9.13 Å². The first-order valence-corrected chi connectivity index (χ1v) is 21.9. The zero-order valence-electron chi connectivity index (χ0n) is 35.6. The minimum Gasteiger partial charge on any atom is -0.322 e. The number of fused-ring (bicyclic) bond motifs is 6. The molecule has 0 saturated heterocycles. The van der Waals surface area contributed by atoms with Gasteiger partial charge in [0.25, 0.3) is 0 Å². The van der Waals surface area contributed by atoms with Crippen LogP contribution in [0.2, 0.25) is 0 Å². The lowest BCUT2D eigenvalue weighted by Crippen LogP contribution is -2.19. The Morgan fingerprint density at radius 2 is 1.05 bits per heavy atom. The molecule has 0 spiro atoms. The number of rotatable bonds is 7. The summed E-state index contributed by atoms with van der Waals surface area (Å²) in [5.41, 5.74) is 15.3. The van der Waals surface area contributed by atoms with E-state index in [1.165, 1.54) is 49.3 Å². The minimum absolute atomic E-state index is 0.843. The van der Waals surface area contributed by atoms with Gasteiger partial charge in [0, 0.05) is 62.4 Å². The molecular weight excluding hydrogens is 777 g/mol. The average molecular weight is 823 g/mol. The van der Waals surface area contributed by atoms with Crippen molar-refractivity contribution in [3.05, 3.63) is 261 Å². The molecule has 1 aliphatic carbocycles. The van der Waals surface area contributed by atoms with E-state index in [0.29, 0.717) is 0 Å². The van der Waals surface area contributed by atoms with Crippen LogP contribution in [0.5, 0.6) is 0 Å². The number of benzene rings is 7. The first-order valence-electron chi connectivity index (χ1n) is 21.9. The normalized spacial score (nSPS) is 16.7. The van der Waals surface area contributed by atoms with Crippen LogP contribution in [0.1, 0.15) is 12.8 Å². The Morgan fingerprint density at radius 1 is 0.453 bits per heavy atom. The molecule has 2 aliphatic rings. The Hall–Kier alpha value is -8.34. The maximum absolute atomic E-state index is 4.41. The highest BCUT2D eigenvalue weighted by Gasteiger charge is 2.21. The van der Waals surface area contributed by atoms with Crippen molar-refractivity contribution in [2.45, 2.75) is 12.8 Å². The molecule has 0 N–H and O–H groups in total. The Labute approximate surface area is 374 Å². The predicted octanol–water partition coefficient (Wildman–Crippen LogP) is 16.0. The molecule has 306 valence electrons. The van der Waals surface area contributed by atoms with E-state index in [-0.39, 0.29) is 0 Å². The highest BCUT2D eigenvalue weighted by atomic mass is 15.2. The summed E-state index contributed by atoms with van der Waals surface area (Å²) in [5, 5.41) is 4.96. The molecule has 0 amide bonds. The van der Waals surface area contributed by atoms with Gasteiger partial charge in [-0.3, -0.25) is 0 Å². The Kier molecular flexibility index (Phi) is 9.95. The van der Waals surface area contributed by atoms with Crippen molar-refractivity contribution in [2.24, 2.45) is 0 Å². The van der Waals surface area contributed by atoms with Crippen molar-refractivity contribution >= 4 is 66.4 Å². The van der Waals surface area contributed by atoms with Crippen molar-refractivity contribution in [1.29, 1.82) is 0 Å². The lowest BCUT2D eigenvalue weighted by Gasteiger charge is -2.29. The van der Waals surface area contributed by atoms with E-state index >= 15 is 0 Å². The summed E-state index contributed by atoms with van der Waals surface area (Å²) in [6.07, 6.45) is 23.3. The van der Waals surface area contributed by atoms with E-state index < -0.39 is 0 Å². The standard InChI is InChI=1S/C60H46N4/c1-43-18-16-17-39-61(47-19-6-3-7-20-47)42-52(33-29-44(43)2)62(51-36-38-56-54-26-13-15-28-58(54)64(60(56)41-51)49-23-10-5-11-24-49)50-34-30-45(31-35-50)46-32-37-55-53-25-12-14-27-57(53)63(59(55)40-46)48-21-8-4-9-22-48/h3-10,12-23,25-42H,1-2,11,24H2/b18-16-,33-29-,39-17-,52-42+. The third-order valence-corrected chi connectivity index (χ3v) is 12.4. The molecule has 7 aromatic carbocycles. The van der Waals surface area contributed by atoms with Crippen molar-refractivity contribution in [3.63, 3.8) is 0 Å². The molecule has 3 heterocycles. The summed E-state index contributed by atoms with van der Waals surface area (Å²) < 4.78 is 4.84. The Morgan fingerprint density at radius 3 is 1.77 bits per heavy atom. The van der Waals surface area contributed by atoms with Gasteiger partial charge in [-0.1, -0.05) is 147 Å². The molecule has 1 aliphatic heterocycles. The zero-order chi connectivity index (χ0) is 43.0. The van der Waals surface area contributed by atoms with Gasteiger partial charge in [-0.05, 0) is 120 Å². The number of para-hydroxylation sites is 4. The van der Waals surface area contributed by atoms with E-state index in [0.717, 1.165) is 63.6 Å². The summed E-state index contributed by atoms with van der Waals surface area (Å²) in [4.78, 5) is 4.54. The third-order valence-electron chi connectivity index (χ3n) is 12.4. The number of hydrogen-bond acceptors (Lipinski definition) is 2. The summed E-state index contributed by atoms with van der Waals surface area (Å²) in [6.45, 7) is 8.74. The monoisotopic (exact) mass is 822 g/mol. The minimum atomic E-state index is 0.843. The highest BCUT2D eigenvalue weighted by molar-refractivity contribution is 6.12. The largest absolute Gasteiger partial charge is 0.322 e. The Bertz CT molecular complexity index is 3460. The molecule has 0 fully saturated rings. The van der Waals surface area contributed by atoms with Gasteiger partial charge < -0.3 is 18.9 Å². The maximum Gasteiger partial charge on any atom is 0.0627 e. The molecule has 9 aromatic rings. The number of nitrogens with zero attached hydrogens (tertiary/aromatic N) is 4. The first-order chi connectivity index (χ1) is 31.6. The van der Waals surface area contributed by atoms with Crippen LogP contribution in [0.25, 0.3) is 66.1 Å². The molecule has 0 atom stereocenters. The molecule has 4 heteroatoms. The van der Waals surface area contributed by atoms with Gasteiger partial charge in [0.1, 0.15) is 0 Å². The van der Waals surface area contributed by atoms with E-state index in [2.05, 4.69) is 251 Å². The van der Waals surface area contributed by atoms with Crippen molar-refractivity contribution < 1.29 is 0 Å². The predicted molar refractivity (Wildman–Crippen MR) is 273 cm³/mol. The van der Waals surface area contributed by atoms with Crippen molar-refractivity contribution in [3.8, 4) is 16.8 Å². The second-order valence-corrected chi connectivity index (χ2v) is 16.4. The molecule has 2 aromatic heterocycles. The molecular formula is C60H46N4. The van der Waals surface area contributed by atoms with Crippen LogP contribution in [0.4, 0.5) is 17.1 Å². The van der Waals surface area contributed by atoms with Crippen LogP contribution < -0.4 is 9.80 Å². The summed E-state index contributed by atoms with van der Waals surface area (Å²) in [6, 6.07) is 61.4. The molecule has 11 rings (SSSR count). The SMILES string of the molecule is C=C1/C=C\C=C/N(c2ccccc2)/C=C(N(c2ccc(-c3ccc4c5ccccc5n(-c5ccccc5)c4c3)cc2)c2ccc3c4ccccc4n(C4=CC=CCC4)c3c2)\C=C/C1=C. The summed E-state index contributed by atoms with van der Waals surface area (Å²) in [5.74, 6) is 0. The zero-order valence-corrected chi connectivity index (χ0v) is 35.6. The van der Waals surface area contributed by atoms with Crippen molar-refractivity contribution in [1.82, 2.24) is 9.13 Å². The number of hydrogen-bond donors (Lipinski definition) is 0. The lowest BCUT2D eigenvalue weighted by atomic mass is 10.0. The fraction of sp³-hybridized carbons (Fsp3) is 0.0333. The summed E-state index contributed by atoms with van der Waals surface area (Å²) in [7, 11) is 0.